The second-order valence-corrected chi connectivity index (χ2v) is 8.02. The average Bonchev–Trinajstić information content (AvgIpc) is 3.43. The zero-order chi connectivity index (χ0) is 24.4. The van der Waals surface area contributed by atoms with E-state index in [9.17, 15) is 4.79 Å². The van der Waals surface area contributed by atoms with Crippen LogP contribution in [0.5, 0.6) is 11.8 Å². The molecule has 0 fully saturated rings. The van der Waals surface area contributed by atoms with Crippen LogP contribution in [0.25, 0.3) is 11.0 Å². The summed E-state index contributed by atoms with van der Waals surface area (Å²) in [5.41, 5.74) is 5.36. The van der Waals surface area contributed by atoms with E-state index >= 15 is 0 Å². The Kier molecular flexibility index (Phi) is 5.71. The summed E-state index contributed by atoms with van der Waals surface area (Å²) in [6.07, 6.45) is 1.61. The molecule has 35 heavy (non-hydrogen) atoms. The molecule has 2 aromatic carbocycles. The summed E-state index contributed by atoms with van der Waals surface area (Å²) in [5, 5.41) is 15.8. The third-order valence-corrected chi connectivity index (χ3v) is 5.12. The second kappa shape index (κ2) is 9.14. The largest absolute Gasteiger partial charge is 0.424 e. The lowest BCUT2D eigenvalue weighted by Crippen LogP contribution is -2.19. The van der Waals surface area contributed by atoms with E-state index in [2.05, 4.69) is 46.1 Å². The molecule has 0 aliphatic heterocycles. The number of imidazole rings is 1. The number of nitrogens with one attached hydrogen (secondary N) is 5. The molecule has 5 N–H and O–H groups in total. The van der Waals surface area contributed by atoms with Gasteiger partial charge in [0.05, 0.1) is 23.1 Å². The van der Waals surface area contributed by atoms with Crippen LogP contribution < -0.4 is 20.7 Å². The number of hydrogen-bond acceptors (Lipinski definition) is 7. The van der Waals surface area contributed by atoms with Crippen molar-refractivity contribution < 1.29 is 9.53 Å². The zero-order valence-electron chi connectivity index (χ0n) is 19.3. The minimum absolute atomic E-state index is 0.207. The van der Waals surface area contributed by atoms with Gasteiger partial charge in [-0.05, 0) is 62.7 Å². The SMILES string of the molecule is Cc1cc(Nc2cc(C)nc(Oc3ccc(NC(=O)Nc4ccc5[nH]cnc5c4)cc3C)n2)[nH]n1. The summed E-state index contributed by atoms with van der Waals surface area (Å²) in [4.78, 5) is 28.5. The van der Waals surface area contributed by atoms with Crippen molar-refractivity contribution in [1.29, 1.82) is 0 Å². The van der Waals surface area contributed by atoms with Crippen LogP contribution in [0.15, 0.2) is 54.9 Å². The molecular formula is C24H23N9O2. The first-order valence-electron chi connectivity index (χ1n) is 10.9. The number of urea groups is 1. The molecule has 11 heteroatoms. The van der Waals surface area contributed by atoms with E-state index in [1.807, 2.05) is 45.0 Å². The molecule has 5 rings (SSSR count). The number of carbonyl (C=O) groups excluding carboxylic acids is 1. The van der Waals surface area contributed by atoms with Crippen molar-refractivity contribution in [3.63, 3.8) is 0 Å². The van der Waals surface area contributed by atoms with Gasteiger partial charge in [0.25, 0.3) is 0 Å². The molecular weight excluding hydrogens is 446 g/mol. The minimum atomic E-state index is -0.361. The molecule has 5 aromatic rings. The number of aryl methyl sites for hydroxylation is 3. The third kappa shape index (κ3) is 5.19. The lowest BCUT2D eigenvalue weighted by molar-refractivity contribution is 0.262. The molecule has 0 unspecified atom stereocenters. The molecule has 3 heterocycles. The number of nitrogens with zero attached hydrogens (tertiary/aromatic N) is 4. The van der Waals surface area contributed by atoms with Gasteiger partial charge in [-0.1, -0.05) is 0 Å². The molecule has 176 valence electrons. The minimum Gasteiger partial charge on any atom is -0.424 e. The lowest BCUT2D eigenvalue weighted by Gasteiger charge is -2.12. The molecule has 0 saturated heterocycles. The van der Waals surface area contributed by atoms with Gasteiger partial charge >= 0.3 is 12.0 Å². The van der Waals surface area contributed by atoms with E-state index in [4.69, 9.17) is 4.74 Å². The predicted molar refractivity (Wildman–Crippen MR) is 133 cm³/mol. The highest BCUT2D eigenvalue weighted by atomic mass is 16.5. The number of anilines is 4. The highest BCUT2D eigenvalue weighted by Crippen LogP contribution is 2.27. The first-order chi connectivity index (χ1) is 16.9. The standard InChI is InChI=1S/C24H23N9O2/c1-13-8-16(28-23(34)29-17-4-6-18-19(11-17)26-12-25-18)5-7-20(13)35-24-27-14(2)9-21(31-24)30-22-10-15(3)32-33-22/h4-12H,1-3H3,(H,25,26)(H2,28,29,34)(H2,27,30,31,32,33). The van der Waals surface area contributed by atoms with Gasteiger partial charge in [0.1, 0.15) is 17.4 Å². The number of amides is 2. The summed E-state index contributed by atoms with van der Waals surface area (Å²) in [6, 6.07) is 14.3. The topological polar surface area (TPSA) is 146 Å². The maximum atomic E-state index is 12.5. The number of benzene rings is 2. The fourth-order valence-electron chi connectivity index (χ4n) is 3.52. The first-order valence-corrected chi connectivity index (χ1v) is 10.9. The van der Waals surface area contributed by atoms with Gasteiger partial charge in [-0.3, -0.25) is 5.10 Å². The molecule has 2 amide bonds. The van der Waals surface area contributed by atoms with Crippen LogP contribution in [-0.2, 0) is 0 Å². The van der Waals surface area contributed by atoms with Gasteiger partial charge in [0.15, 0.2) is 0 Å². The van der Waals surface area contributed by atoms with Crippen molar-refractivity contribution >= 4 is 40.1 Å². The maximum Gasteiger partial charge on any atom is 0.324 e. The summed E-state index contributed by atoms with van der Waals surface area (Å²) in [5.74, 6) is 1.88. The number of aromatic nitrogens is 6. The van der Waals surface area contributed by atoms with Crippen molar-refractivity contribution in [3.8, 4) is 11.8 Å². The molecule has 3 aromatic heterocycles. The summed E-state index contributed by atoms with van der Waals surface area (Å²) in [6.45, 7) is 5.64. The Labute approximate surface area is 200 Å². The van der Waals surface area contributed by atoms with E-state index in [0.717, 1.165) is 33.8 Å². The molecule has 0 aliphatic rings. The fourth-order valence-corrected chi connectivity index (χ4v) is 3.52. The van der Waals surface area contributed by atoms with Crippen LogP contribution in [0.2, 0.25) is 0 Å². The Bertz CT molecular complexity index is 1520. The van der Waals surface area contributed by atoms with Crippen LogP contribution in [0.3, 0.4) is 0 Å². The van der Waals surface area contributed by atoms with Gasteiger partial charge in [0.2, 0.25) is 0 Å². The molecule has 0 bridgehead atoms. The van der Waals surface area contributed by atoms with Crippen LogP contribution in [0, 0.1) is 20.8 Å². The smallest absolute Gasteiger partial charge is 0.324 e. The van der Waals surface area contributed by atoms with Crippen LogP contribution in [-0.4, -0.2) is 36.2 Å². The quantitative estimate of drug-likeness (QED) is 0.230. The molecule has 0 atom stereocenters. The van der Waals surface area contributed by atoms with E-state index < -0.39 is 0 Å². The van der Waals surface area contributed by atoms with Gasteiger partial charge < -0.3 is 25.7 Å². The number of rotatable bonds is 6. The van der Waals surface area contributed by atoms with Crippen molar-refractivity contribution in [2.24, 2.45) is 0 Å². The molecule has 0 spiro atoms. The van der Waals surface area contributed by atoms with Gasteiger partial charge in [-0.15, -0.1) is 0 Å². The van der Waals surface area contributed by atoms with Crippen LogP contribution in [0.1, 0.15) is 17.0 Å². The number of ether oxygens (including phenoxy) is 1. The highest BCUT2D eigenvalue weighted by molar-refractivity contribution is 6.00. The lowest BCUT2D eigenvalue weighted by atomic mass is 10.2. The van der Waals surface area contributed by atoms with E-state index in [1.54, 1.807) is 30.6 Å². The van der Waals surface area contributed by atoms with E-state index in [-0.39, 0.29) is 12.0 Å². The van der Waals surface area contributed by atoms with Crippen LogP contribution >= 0.6 is 0 Å². The third-order valence-electron chi connectivity index (χ3n) is 5.12. The summed E-state index contributed by atoms with van der Waals surface area (Å²) < 4.78 is 5.94. The van der Waals surface area contributed by atoms with E-state index in [0.29, 0.717) is 22.9 Å². The van der Waals surface area contributed by atoms with Crippen molar-refractivity contribution in [3.05, 3.63) is 71.8 Å². The first kappa shape index (κ1) is 21.9. The number of H-pyrrole nitrogens is 2. The molecule has 0 saturated carbocycles. The monoisotopic (exact) mass is 469 g/mol. The average molecular weight is 470 g/mol. The van der Waals surface area contributed by atoms with Gasteiger partial charge in [-0.25, -0.2) is 14.8 Å². The van der Waals surface area contributed by atoms with Crippen molar-refractivity contribution in [2.45, 2.75) is 20.8 Å². The Morgan fingerprint density at radius 3 is 2.49 bits per heavy atom. The Hall–Kier alpha value is -4.93. The van der Waals surface area contributed by atoms with Crippen molar-refractivity contribution in [1.82, 2.24) is 30.1 Å². The number of fused-ring (bicyclic) bond motifs is 1. The van der Waals surface area contributed by atoms with Gasteiger partial charge in [-0.2, -0.15) is 10.1 Å². The predicted octanol–water partition coefficient (Wildman–Crippen LogP) is 5.18. The van der Waals surface area contributed by atoms with Gasteiger partial charge in [0, 0.05) is 29.2 Å². The summed E-state index contributed by atoms with van der Waals surface area (Å²) >= 11 is 0. The zero-order valence-corrected chi connectivity index (χ0v) is 19.3. The Morgan fingerprint density at radius 1 is 0.914 bits per heavy atom. The fraction of sp³-hybridized carbons (Fsp3) is 0.125. The number of carbonyl (C=O) groups is 1. The Balaban J connectivity index is 1.25. The van der Waals surface area contributed by atoms with E-state index in [1.165, 1.54) is 0 Å². The summed E-state index contributed by atoms with van der Waals surface area (Å²) in [7, 11) is 0. The Morgan fingerprint density at radius 2 is 1.71 bits per heavy atom. The molecule has 0 radical (unpaired) electrons. The maximum absolute atomic E-state index is 12.5. The van der Waals surface area contributed by atoms with Crippen molar-refractivity contribution in [2.75, 3.05) is 16.0 Å². The molecule has 11 nitrogen and oxygen atoms in total. The molecule has 0 aliphatic carbocycles. The highest BCUT2D eigenvalue weighted by Gasteiger charge is 2.10. The second-order valence-electron chi connectivity index (χ2n) is 8.02. The number of aromatic amines is 2. The normalized spacial score (nSPS) is 10.8. The number of hydrogen-bond donors (Lipinski definition) is 5. The van der Waals surface area contributed by atoms with Crippen LogP contribution in [0.4, 0.5) is 27.8 Å².